The third kappa shape index (κ3) is 2.45. The van der Waals surface area contributed by atoms with Crippen molar-refractivity contribution >= 4 is 28.9 Å². The lowest BCUT2D eigenvalue weighted by Crippen LogP contribution is -2.17. The fourth-order valence-corrected chi connectivity index (χ4v) is 1.77. The Hall–Kier alpha value is -1.88. The molecule has 4 nitrogen and oxygen atoms in total. The zero-order chi connectivity index (χ0) is 12.4. The molecular formula is C12H11NO3S. The van der Waals surface area contributed by atoms with Crippen LogP contribution >= 0.6 is 12.2 Å². The summed E-state index contributed by atoms with van der Waals surface area (Å²) in [5.74, 6) is -0.716. The van der Waals surface area contributed by atoms with E-state index < -0.39 is 5.97 Å². The molecule has 0 atom stereocenters. The van der Waals surface area contributed by atoms with Gasteiger partial charge in [0.05, 0.1) is 0 Å². The minimum absolute atomic E-state index is 0.0422. The largest absolute Gasteiger partial charge is 0.508 e. The molecule has 17 heavy (non-hydrogen) atoms. The summed E-state index contributed by atoms with van der Waals surface area (Å²) in [4.78, 5) is 11.5. The summed E-state index contributed by atoms with van der Waals surface area (Å²) < 4.78 is 4.67. The monoisotopic (exact) mass is 249 g/mol. The number of nitrogens with one attached hydrogen (secondary N) is 1. The predicted octanol–water partition coefficient (Wildman–Crippen LogP) is 2.10. The van der Waals surface area contributed by atoms with Crippen LogP contribution < -0.4 is 5.32 Å². The van der Waals surface area contributed by atoms with Crippen LogP contribution in [0.2, 0.25) is 0 Å². The van der Waals surface area contributed by atoms with Crippen LogP contribution in [0.1, 0.15) is 5.56 Å². The Labute approximate surface area is 104 Å². The maximum Gasteiger partial charge on any atom is 0.345 e. The number of benzene rings is 1. The van der Waals surface area contributed by atoms with Crippen LogP contribution in [-0.4, -0.2) is 22.7 Å². The second-order valence-corrected chi connectivity index (χ2v) is 4.13. The lowest BCUT2D eigenvalue weighted by molar-refractivity contribution is -0.135. The van der Waals surface area contributed by atoms with Crippen molar-refractivity contribution in [1.82, 2.24) is 0 Å². The molecule has 0 radical (unpaired) electrons. The number of carbonyl (C=O) groups excluding carboxylic acids is 1. The number of aliphatic hydroxyl groups is 1. The number of esters is 1. The lowest BCUT2D eigenvalue weighted by Gasteiger charge is -2.07. The van der Waals surface area contributed by atoms with Gasteiger partial charge in [0.2, 0.25) is 0 Å². The van der Waals surface area contributed by atoms with Gasteiger partial charge in [0.15, 0.2) is 0 Å². The second-order valence-electron chi connectivity index (χ2n) is 3.72. The van der Waals surface area contributed by atoms with E-state index in [0.717, 1.165) is 11.3 Å². The minimum Gasteiger partial charge on any atom is -0.508 e. The summed E-state index contributed by atoms with van der Waals surface area (Å²) in [6.07, 6.45) is 0. The Morgan fingerprint density at radius 2 is 2.06 bits per heavy atom. The molecule has 1 aromatic carbocycles. The number of hydrogen-bond donors (Lipinski definition) is 2. The molecule has 0 fully saturated rings. The molecule has 0 spiro atoms. The Bertz CT molecular complexity index is 505. The Morgan fingerprint density at radius 3 is 2.59 bits per heavy atom. The first-order chi connectivity index (χ1) is 8.08. The van der Waals surface area contributed by atoms with Gasteiger partial charge in [-0.25, -0.2) is 4.79 Å². The normalized spacial score (nSPS) is 14.8. The Morgan fingerprint density at radius 1 is 1.41 bits per heavy atom. The van der Waals surface area contributed by atoms with Gasteiger partial charge < -0.3 is 15.2 Å². The van der Waals surface area contributed by atoms with Gasteiger partial charge in [0, 0.05) is 5.69 Å². The van der Waals surface area contributed by atoms with Crippen molar-refractivity contribution < 1.29 is 14.6 Å². The number of thiocarbonyl (C=S) groups is 1. The first-order valence-corrected chi connectivity index (χ1v) is 5.46. The topological polar surface area (TPSA) is 58.6 Å². The van der Waals surface area contributed by atoms with Crippen molar-refractivity contribution in [3.05, 3.63) is 41.2 Å². The molecule has 1 aliphatic heterocycles. The second kappa shape index (κ2) is 4.55. The van der Waals surface area contributed by atoms with Crippen molar-refractivity contribution in [2.75, 3.05) is 11.9 Å². The van der Waals surface area contributed by atoms with Crippen molar-refractivity contribution in [1.29, 1.82) is 0 Å². The quantitative estimate of drug-likeness (QED) is 0.621. The summed E-state index contributed by atoms with van der Waals surface area (Å²) >= 11 is 5.05. The zero-order valence-corrected chi connectivity index (χ0v) is 10.0. The number of aliphatic hydroxyl groups excluding tert-OH is 1. The molecule has 0 aliphatic carbocycles. The predicted molar refractivity (Wildman–Crippen MR) is 68.0 cm³/mol. The maximum atomic E-state index is 11.3. The molecule has 0 unspecified atom stereocenters. The molecule has 2 N–H and O–H groups in total. The Kier molecular flexibility index (Phi) is 3.10. The zero-order valence-electron chi connectivity index (χ0n) is 9.19. The van der Waals surface area contributed by atoms with Crippen molar-refractivity contribution in [2.24, 2.45) is 0 Å². The lowest BCUT2D eigenvalue weighted by atomic mass is 10.2. The number of hydrogen-bond acceptors (Lipinski definition) is 4. The Balaban J connectivity index is 2.15. The van der Waals surface area contributed by atoms with Gasteiger partial charge in [-0.1, -0.05) is 29.9 Å². The van der Waals surface area contributed by atoms with Gasteiger partial charge >= 0.3 is 5.97 Å². The molecule has 5 heteroatoms. The van der Waals surface area contributed by atoms with Gasteiger partial charge in [-0.05, 0) is 19.1 Å². The highest BCUT2D eigenvalue weighted by atomic mass is 32.1. The molecule has 0 saturated carbocycles. The van der Waals surface area contributed by atoms with Crippen LogP contribution in [0.4, 0.5) is 5.69 Å². The molecule has 1 aliphatic rings. The van der Waals surface area contributed by atoms with E-state index in [0.29, 0.717) is 0 Å². The maximum absolute atomic E-state index is 11.3. The van der Waals surface area contributed by atoms with Crippen LogP contribution in [-0.2, 0) is 9.53 Å². The summed E-state index contributed by atoms with van der Waals surface area (Å²) in [6.45, 7) is 1.87. The average Bonchev–Trinajstić information content (AvgIpc) is 2.62. The van der Waals surface area contributed by atoms with Crippen LogP contribution in [0.15, 0.2) is 35.6 Å². The third-order valence-corrected chi connectivity index (χ3v) is 2.68. The molecule has 1 aromatic rings. The number of rotatable bonds is 2. The van der Waals surface area contributed by atoms with Crippen molar-refractivity contribution in [3.63, 3.8) is 0 Å². The fraction of sp³-hybridized carbons (Fsp3) is 0.167. The molecule has 88 valence electrons. The van der Waals surface area contributed by atoms with Gasteiger partial charge in [0.25, 0.3) is 0 Å². The molecule has 1 heterocycles. The summed E-state index contributed by atoms with van der Waals surface area (Å²) in [7, 11) is 0. The third-order valence-electron chi connectivity index (χ3n) is 2.37. The van der Waals surface area contributed by atoms with E-state index >= 15 is 0 Å². The van der Waals surface area contributed by atoms with Gasteiger partial charge in [-0.2, -0.15) is 0 Å². The van der Waals surface area contributed by atoms with E-state index in [-0.39, 0.29) is 22.9 Å². The molecule has 2 rings (SSSR count). The van der Waals surface area contributed by atoms with Crippen molar-refractivity contribution in [3.8, 4) is 0 Å². The summed E-state index contributed by atoms with van der Waals surface area (Å²) in [5.41, 5.74) is 1.94. The molecular weight excluding hydrogens is 238 g/mol. The smallest absolute Gasteiger partial charge is 0.345 e. The summed E-state index contributed by atoms with van der Waals surface area (Å²) in [6, 6.07) is 7.54. The molecule has 0 amide bonds. The van der Waals surface area contributed by atoms with E-state index in [1.807, 2.05) is 31.2 Å². The van der Waals surface area contributed by atoms with Gasteiger partial charge in [-0.15, -0.1) is 0 Å². The van der Waals surface area contributed by atoms with E-state index in [4.69, 9.17) is 12.2 Å². The van der Waals surface area contributed by atoms with Gasteiger partial charge in [0.1, 0.15) is 22.9 Å². The van der Waals surface area contributed by atoms with E-state index in [2.05, 4.69) is 10.1 Å². The highest BCUT2D eigenvalue weighted by molar-refractivity contribution is 7.81. The standard InChI is InChI=1S/C12H11NO3S/c1-7-2-4-8(5-3-7)13-11(17)10-9(14)6-16-12(10)15/h2-5,14H,6H2,1H3,(H,13,17). The minimum atomic E-state index is -0.591. The van der Waals surface area contributed by atoms with Gasteiger partial charge in [-0.3, -0.25) is 0 Å². The van der Waals surface area contributed by atoms with Crippen LogP contribution in [0.5, 0.6) is 0 Å². The first kappa shape index (κ1) is 11.6. The van der Waals surface area contributed by atoms with Crippen LogP contribution in [0, 0.1) is 6.92 Å². The van der Waals surface area contributed by atoms with E-state index in [9.17, 15) is 9.90 Å². The molecule has 0 bridgehead atoms. The van der Waals surface area contributed by atoms with E-state index in [1.165, 1.54) is 0 Å². The number of carbonyl (C=O) groups is 1. The molecule has 0 aromatic heterocycles. The van der Waals surface area contributed by atoms with E-state index in [1.54, 1.807) is 0 Å². The van der Waals surface area contributed by atoms with Crippen LogP contribution in [0.3, 0.4) is 0 Å². The molecule has 0 saturated heterocycles. The fourth-order valence-electron chi connectivity index (χ4n) is 1.45. The highest BCUT2D eigenvalue weighted by Crippen LogP contribution is 2.17. The average molecular weight is 249 g/mol. The summed E-state index contributed by atoms with van der Waals surface area (Å²) in [5, 5.41) is 12.3. The van der Waals surface area contributed by atoms with Crippen molar-refractivity contribution in [2.45, 2.75) is 6.92 Å². The first-order valence-electron chi connectivity index (χ1n) is 5.05. The number of ether oxygens (including phenoxy) is 1. The number of aryl methyl sites for hydroxylation is 1. The number of anilines is 1. The SMILES string of the molecule is Cc1ccc(NC(=S)C2=C(O)COC2=O)cc1. The highest BCUT2D eigenvalue weighted by Gasteiger charge is 2.28. The number of cyclic esters (lactones) is 1. The van der Waals surface area contributed by atoms with Crippen LogP contribution in [0.25, 0.3) is 0 Å².